The topological polar surface area (TPSA) is 29.1 Å². The average Bonchev–Trinajstić information content (AvgIpc) is 2.91. The molecule has 1 spiro atoms. The first kappa shape index (κ1) is 13.7. The molecular formula is C18H25NO. The zero-order chi connectivity index (χ0) is 14.5. The maximum atomic E-state index is 11.6. The monoisotopic (exact) mass is 271 g/mol. The number of hydrogen-bond acceptors (Lipinski definition) is 1. The molecule has 0 bridgehead atoms. The Hall–Kier alpha value is -1.31. The van der Waals surface area contributed by atoms with Crippen LogP contribution in [0, 0.1) is 13.8 Å². The second-order valence-corrected chi connectivity index (χ2v) is 6.95. The smallest absolute Gasteiger partial charge is 0.221 e. The van der Waals surface area contributed by atoms with Crippen LogP contribution < -0.4 is 5.32 Å². The molecule has 0 radical (unpaired) electrons. The number of amides is 1. The van der Waals surface area contributed by atoms with Gasteiger partial charge in [-0.2, -0.15) is 0 Å². The summed E-state index contributed by atoms with van der Waals surface area (Å²) >= 11 is 0. The van der Waals surface area contributed by atoms with Gasteiger partial charge in [-0.1, -0.05) is 25.8 Å². The number of nitrogens with one attached hydrogen (secondary N) is 1. The van der Waals surface area contributed by atoms with Gasteiger partial charge in [0.15, 0.2) is 0 Å². The third-order valence-electron chi connectivity index (χ3n) is 5.34. The van der Waals surface area contributed by atoms with Crippen molar-refractivity contribution in [3.63, 3.8) is 0 Å². The number of carbonyl (C=O) groups excluding carboxylic acids is 1. The summed E-state index contributed by atoms with van der Waals surface area (Å²) in [7, 11) is 0. The fourth-order valence-corrected chi connectivity index (χ4v) is 4.85. The maximum absolute atomic E-state index is 11.6. The Labute approximate surface area is 122 Å². The molecule has 1 saturated carbocycles. The molecule has 2 aliphatic rings. The summed E-state index contributed by atoms with van der Waals surface area (Å²) in [6.45, 7) is 8.30. The summed E-state index contributed by atoms with van der Waals surface area (Å²) in [6, 6.07) is 2.27. The number of rotatable bonds is 1. The lowest BCUT2D eigenvalue weighted by Gasteiger charge is -2.27. The van der Waals surface area contributed by atoms with E-state index in [4.69, 9.17) is 0 Å². The Morgan fingerprint density at radius 1 is 1.25 bits per heavy atom. The third kappa shape index (κ3) is 1.88. The predicted octanol–water partition coefficient (Wildman–Crippen LogP) is 4.58. The van der Waals surface area contributed by atoms with Crippen molar-refractivity contribution in [2.24, 2.45) is 0 Å². The number of carbonyl (C=O) groups is 1. The molecule has 1 unspecified atom stereocenters. The largest absolute Gasteiger partial charge is 0.326 e. The van der Waals surface area contributed by atoms with E-state index in [9.17, 15) is 4.79 Å². The van der Waals surface area contributed by atoms with Crippen molar-refractivity contribution in [3.8, 4) is 0 Å². The van der Waals surface area contributed by atoms with Crippen LogP contribution in [0.25, 0.3) is 0 Å². The molecule has 20 heavy (non-hydrogen) atoms. The van der Waals surface area contributed by atoms with Gasteiger partial charge < -0.3 is 5.32 Å². The Balaban J connectivity index is 2.22. The molecule has 2 heteroatoms. The summed E-state index contributed by atoms with van der Waals surface area (Å²) in [5, 5.41) is 3.10. The first-order chi connectivity index (χ1) is 9.44. The fraction of sp³-hybridized carbons (Fsp3) is 0.611. The van der Waals surface area contributed by atoms with Crippen LogP contribution in [-0.2, 0) is 10.2 Å². The second kappa shape index (κ2) is 4.61. The average molecular weight is 271 g/mol. The van der Waals surface area contributed by atoms with Crippen molar-refractivity contribution in [1.29, 1.82) is 0 Å². The highest BCUT2D eigenvalue weighted by Gasteiger charge is 2.46. The number of anilines is 1. The Bertz CT molecular complexity index is 567. The van der Waals surface area contributed by atoms with Gasteiger partial charge in [-0.15, -0.1) is 0 Å². The third-order valence-corrected chi connectivity index (χ3v) is 5.34. The second-order valence-electron chi connectivity index (χ2n) is 6.95. The molecule has 1 fully saturated rings. The SMILES string of the molecule is CC(=O)Nc1c(C)cc(C)c2c1C(C)CC21CCCC1. The Morgan fingerprint density at radius 2 is 1.90 bits per heavy atom. The summed E-state index contributed by atoms with van der Waals surface area (Å²) in [5.41, 5.74) is 7.13. The van der Waals surface area contributed by atoms with Crippen LogP contribution >= 0.6 is 0 Å². The van der Waals surface area contributed by atoms with Crippen LogP contribution in [-0.4, -0.2) is 5.91 Å². The van der Waals surface area contributed by atoms with Crippen LogP contribution in [0.15, 0.2) is 6.07 Å². The minimum absolute atomic E-state index is 0.0405. The van der Waals surface area contributed by atoms with Crippen molar-refractivity contribution in [2.75, 3.05) is 5.32 Å². The molecule has 1 amide bonds. The van der Waals surface area contributed by atoms with Gasteiger partial charge in [0.1, 0.15) is 0 Å². The molecule has 108 valence electrons. The first-order valence-electron chi connectivity index (χ1n) is 7.87. The normalized spacial score (nSPS) is 23.1. The van der Waals surface area contributed by atoms with E-state index in [1.54, 1.807) is 12.5 Å². The molecule has 1 aromatic carbocycles. The van der Waals surface area contributed by atoms with Crippen LogP contribution in [0.4, 0.5) is 5.69 Å². The van der Waals surface area contributed by atoms with E-state index in [0.717, 1.165) is 5.69 Å². The number of hydrogen-bond donors (Lipinski definition) is 1. The van der Waals surface area contributed by atoms with Gasteiger partial charge in [0, 0.05) is 12.6 Å². The van der Waals surface area contributed by atoms with Crippen molar-refractivity contribution in [1.82, 2.24) is 0 Å². The Morgan fingerprint density at radius 3 is 2.50 bits per heavy atom. The van der Waals surface area contributed by atoms with E-state index < -0.39 is 0 Å². The lowest BCUT2D eigenvalue weighted by Crippen LogP contribution is -2.20. The molecule has 2 nitrogen and oxygen atoms in total. The van der Waals surface area contributed by atoms with Crippen molar-refractivity contribution in [3.05, 3.63) is 28.3 Å². The molecule has 0 aromatic heterocycles. The fourth-order valence-electron chi connectivity index (χ4n) is 4.85. The molecular weight excluding hydrogens is 246 g/mol. The number of aryl methyl sites for hydroxylation is 2. The molecule has 1 aromatic rings. The zero-order valence-electron chi connectivity index (χ0n) is 13.1. The van der Waals surface area contributed by atoms with Crippen LogP contribution in [0.5, 0.6) is 0 Å². The molecule has 3 rings (SSSR count). The van der Waals surface area contributed by atoms with Gasteiger partial charge in [0.05, 0.1) is 0 Å². The van der Waals surface area contributed by atoms with E-state index in [-0.39, 0.29) is 5.91 Å². The van der Waals surface area contributed by atoms with Crippen LogP contribution in [0.2, 0.25) is 0 Å². The highest BCUT2D eigenvalue weighted by molar-refractivity contribution is 5.91. The van der Waals surface area contributed by atoms with E-state index in [0.29, 0.717) is 11.3 Å². The van der Waals surface area contributed by atoms with Gasteiger partial charge in [0.2, 0.25) is 5.91 Å². The summed E-state index contributed by atoms with van der Waals surface area (Å²) < 4.78 is 0. The van der Waals surface area contributed by atoms with Crippen molar-refractivity contribution < 1.29 is 4.79 Å². The van der Waals surface area contributed by atoms with Gasteiger partial charge in [-0.3, -0.25) is 4.79 Å². The Kier molecular flexibility index (Phi) is 3.15. The van der Waals surface area contributed by atoms with Crippen LogP contribution in [0.1, 0.15) is 74.1 Å². The van der Waals surface area contributed by atoms with E-state index >= 15 is 0 Å². The number of benzene rings is 1. The summed E-state index contributed by atoms with van der Waals surface area (Å²) in [5.74, 6) is 0.599. The minimum Gasteiger partial charge on any atom is -0.326 e. The highest BCUT2D eigenvalue weighted by atomic mass is 16.1. The summed E-state index contributed by atoms with van der Waals surface area (Å²) in [4.78, 5) is 11.6. The van der Waals surface area contributed by atoms with E-state index in [1.807, 2.05) is 0 Å². The molecule has 0 heterocycles. The van der Waals surface area contributed by atoms with Crippen molar-refractivity contribution >= 4 is 11.6 Å². The zero-order valence-corrected chi connectivity index (χ0v) is 13.1. The highest BCUT2D eigenvalue weighted by Crippen LogP contribution is 2.57. The van der Waals surface area contributed by atoms with Gasteiger partial charge in [-0.25, -0.2) is 0 Å². The van der Waals surface area contributed by atoms with Crippen LogP contribution in [0.3, 0.4) is 0 Å². The molecule has 0 aliphatic heterocycles. The lowest BCUT2D eigenvalue weighted by molar-refractivity contribution is -0.114. The molecule has 0 saturated heterocycles. The standard InChI is InChI=1S/C18H25NO/c1-11-9-12(2)17(19-14(4)20)15-13(3)10-18(16(11)15)7-5-6-8-18/h9,13H,5-8,10H2,1-4H3,(H,19,20). The van der Waals surface area contributed by atoms with Crippen molar-refractivity contribution in [2.45, 2.75) is 71.1 Å². The maximum Gasteiger partial charge on any atom is 0.221 e. The van der Waals surface area contributed by atoms with E-state index in [2.05, 4.69) is 32.2 Å². The van der Waals surface area contributed by atoms with Gasteiger partial charge in [0.25, 0.3) is 0 Å². The molecule has 1 atom stereocenters. The minimum atomic E-state index is 0.0405. The number of fused-ring (bicyclic) bond motifs is 2. The molecule has 2 aliphatic carbocycles. The molecule has 1 N–H and O–H groups in total. The quantitative estimate of drug-likeness (QED) is 0.795. The summed E-state index contributed by atoms with van der Waals surface area (Å²) in [6.07, 6.45) is 6.63. The van der Waals surface area contributed by atoms with Gasteiger partial charge >= 0.3 is 0 Å². The lowest BCUT2D eigenvalue weighted by atomic mass is 9.77. The van der Waals surface area contributed by atoms with E-state index in [1.165, 1.54) is 48.8 Å². The first-order valence-corrected chi connectivity index (χ1v) is 7.87. The predicted molar refractivity (Wildman–Crippen MR) is 83.4 cm³/mol. The van der Waals surface area contributed by atoms with Gasteiger partial charge in [-0.05, 0) is 66.7 Å².